The summed E-state index contributed by atoms with van der Waals surface area (Å²) < 4.78 is 36.9. The number of hydrogen-bond donors (Lipinski definition) is 1. The van der Waals surface area contributed by atoms with Crippen LogP contribution in [-0.4, -0.2) is 33.0 Å². The van der Waals surface area contributed by atoms with Crippen molar-refractivity contribution in [2.24, 2.45) is 5.73 Å². The average molecular weight is 286 g/mol. The molecule has 1 fully saturated rings. The fourth-order valence-electron chi connectivity index (χ4n) is 2.56. The van der Waals surface area contributed by atoms with Crippen LogP contribution in [0.15, 0.2) is 18.2 Å². The van der Waals surface area contributed by atoms with Gasteiger partial charge in [-0.05, 0) is 25.5 Å². The summed E-state index contributed by atoms with van der Waals surface area (Å²) in [5.41, 5.74) is 6.94. The number of rotatable bonds is 3. The van der Waals surface area contributed by atoms with Gasteiger partial charge in [-0.3, -0.25) is 0 Å². The lowest BCUT2D eigenvalue weighted by Gasteiger charge is -2.29. The van der Waals surface area contributed by atoms with Crippen LogP contribution in [0.25, 0.3) is 0 Å². The van der Waals surface area contributed by atoms with E-state index in [4.69, 9.17) is 5.73 Å². The van der Waals surface area contributed by atoms with E-state index in [0.717, 1.165) is 0 Å². The van der Waals surface area contributed by atoms with Crippen molar-refractivity contribution >= 4 is 15.5 Å². The van der Waals surface area contributed by atoms with Gasteiger partial charge in [0, 0.05) is 30.4 Å². The van der Waals surface area contributed by atoms with E-state index < -0.39 is 15.9 Å². The Bertz CT molecular complexity index is 572. The summed E-state index contributed by atoms with van der Waals surface area (Å²) in [4.78, 5) is 1.84. The van der Waals surface area contributed by atoms with Crippen molar-refractivity contribution < 1.29 is 12.8 Å². The van der Waals surface area contributed by atoms with Gasteiger partial charge in [0.25, 0.3) is 0 Å². The van der Waals surface area contributed by atoms with Crippen molar-refractivity contribution in [2.75, 3.05) is 23.5 Å². The maximum Gasteiger partial charge on any atom is 0.152 e. The van der Waals surface area contributed by atoms with Gasteiger partial charge in [-0.15, -0.1) is 0 Å². The Labute approximate surface area is 113 Å². The molecule has 6 heteroatoms. The molecule has 0 aliphatic carbocycles. The molecule has 0 bridgehead atoms. The molecule has 1 aromatic rings. The Kier molecular flexibility index (Phi) is 3.82. The molecule has 2 atom stereocenters. The second-order valence-electron chi connectivity index (χ2n) is 5.13. The van der Waals surface area contributed by atoms with Crippen molar-refractivity contribution in [3.05, 3.63) is 29.6 Å². The first kappa shape index (κ1) is 14.3. The maximum atomic E-state index is 13.9. The number of nitrogens with zero attached hydrogens (tertiary/aromatic N) is 1. The van der Waals surface area contributed by atoms with E-state index in [0.29, 0.717) is 17.7 Å². The molecule has 0 aromatic heterocycles. The first-order valence-corrected chi connectivity index (χ1v) is 8.11. The Morgan fingerprint density at radius 2 is 2.16 bits per heavy atom. The third-order valence-corrected chi connectivity index (χ3v) is 5.37. The maximum absolute atomic E-state index is 13.9. The minimum atomic E-state index is -2.96. The number of halogens is 1. The predicted molar refractivity (Wildman–Crippen MR) is 74.5 cm³/mol. The smallest absolute Gasteiger partial charge is 0.152 e. The van der Waals surface area contributed by atoms with Crippen LogP contribution in [0.4, 0.5) is 10.1 Å². The van der Waals surface area contributed by atoms with Gasteiger partial charge in [-0.2, -0.15) is 0 Å². The lowest BCUT2D eigenvalue weighted by Crippen LogP contribution is -2.34. The first-order chi connectivity index (χ1) is 8.82. The summed E-state index contributed by atoms with van der Waals surface area (Å²) in [7, 11) is -1.16. The van der Waals surface area contributed by atoms with Crippen LogP contribution in [0.2, 0.25) is 0 Å². The van der Waals surface area contributed by atoms with Gasteiger partial charge in [0.2, 0.25) is 0 Å². The van der Waals surface area contributed by atoms with Crippen molar-refractivity contribution in [2.45, 2.75) is 25.4 Å². The zero-order chi connectivity index (χ0) is 14.2. The van der Waals surface area contributed by atoms with Crippen LogP contribution >= 0.6 is 0 Å². The monoisotopic (exact) mass is 286 g/mol. The van der Waals surface area contributed by atoms with Crippen molar-refractivity contribution in [1.82, 2.24) is 0 Å². The summed E-state index contributed by atoms with van der Waals surface area (Å²) in [6.45, 7) is 1.72. The van der Waals surface area contributed by atoms with Crippen LogP contribution in [0.1, 0.15) is 24.9 Å². The molecule has 1 aromatic carbocycles. The Morgan fingerprint density at radius 3 is 2.68 bits per heavy atom. The first-order valence-electron chi connectivity index (χ1n) is 6.29. The molecule has 0 amide bonds. The topological polar surface area (TPSA) is 63.4 Å². The number of sulfone groups is 1. The molecule has 0 saturated carbocycles. The van der Waals surface area contributed by atoms with E-state index in [9.17, 15) is 12.8 Å². The van der Waals surface area contributed by atoms with E-state index in [1.54, 1.807) is 26.1 Å². The Hall–Kier alpha value is -1.14. The lowest BCUT2D eigenvalue weighted by molar-refractivity contribution is 0.588. The molecule has 1 heterocycles. The molecule has 2 N–H and O–H groups in total. The molecule has 1 aliphatic heterocycles. The molecular weight excluding hydrogens is 267 g/mol. The lowest BCUT2D eigenvalue weighted by atomic mass is 10.0. The molecule has 1 saturated heterocycles. The number of benzene rings is 1. The molecular formula is C13H19FN2O2S. The Balaban J connectivity index is 2.34. The summed E-state index contributed by atoms with van der Waals surface area (Å²) in [5, 5.41) is 0. The van der Waals surface area contributed by atoms with E-state index >= 15 is 0 Å². The van der Waals surface area contributed by atoms with Gasteiger partial charge in [0.15, 0.2) is 9.84 Å². The van der Waals surface area contributed by atoms with Gasteiger partial charge in [-0.1, -0.05) is 6.07 Å². The van der Waals surface area contributed by atoms with E-state index in [2.05, 4.69) is 0 Å². The molecule has 4 nitrogen and oxygen atoms in total. The van der Waals surface area contributed by atoms with Crippen LogP contribution in [-0.2, 0) is 9.84 Å². The number of anilines is 1. The van der Waals surface area contributed by atoms with Gasteiger partial charge < -0.3 is 10.6 Å². The highest BCUT2D eigenvalue weighted by Crippen LogP contribution is 2.30. The molecule has 0 spiro atoms. The van der Waals surface area contributed by atoms with Gasteiger partial charge in [0.05, 0.1) is 11.5 Å². The standard InChI is InChI=1S/C13H19FN2O2S/c1-9(15)13-11(14)4-3-5-12(13)16(2)10-6-7-19(17,18)8-10/h3-5,9-10H,6-8,15H2,1-2H3. The van der Waals surface area contributed by atoms with Crippen molar-refractivity contribution in [3.63, 3.8) is 0 Å². The fourth-order valence-corrected chi connectivity index (χ4v) is 4.34. The summed E-state index contributed by atoms with van der Waals surface area (Å²) in [6, 6.07) is 4.24. The predicted octanol–water partition coefficient (Wildman–Crippen LogP) is 1.47. The van der Waals surface area contributed by atoms with Crippen LogP contribution in [0.3, 0.4) is 0 Å². The normalized spacial score (nSPS) is 23.3. The summed E-state index contributed by atoms with van der Waals surface area (Å²) in [6.07, 6.45) is 0.577. The third-order valence-electron chi connectivity index (χ3n) is 3.62. The number of nitrogens with two attached hydrogens (primary N) is 1. The van der Waals surface area contributed by atoms with Crippen LogP contribution in [0.5, 0.6) is 0 Å². The summed E-state index contributed by atoms with van der Waals surface area (Å²) >= 11 is 0. The zero-order valence-electron chi connectivity index (χ0n) is 11.1. The largest absolute Gasteiger partial charge is 0.370 e. The molecule has 0 radical (unpaired) electrons. The minimum absolute atomic E-state index is 0.107. The number of hydrogen-bond acceptors (Lipinski definition) is 4. The molecule has 2 rings (SSSR count). The third kappa shape index (κ3) is 2.90. The molecule has 2 unspecified atom stereocenters. The minimum Gasteiger partial charge on any atom is -0.370 e. The van der Waals surface area contributed by atoms with E-state index in [-0.39, 0.29) is 23.4 Å². The second-order valence-corrected chi connectivity index (χ2v) is 7.36. The van der Waals surface area contributed by atoms with Crippen LogP contribution in [0, 0.1) is 5.82 Å². The van der Waals surface area contributed by atoms with E-state index in [1.165, 1.54) is 6.07 Å². The van der Waals surface area contributed by atoms with Crippen molar-refractivity contribution in [1.29, 1.82) is 0 Å². The van der Waals surface area contributed by atoms with Gasteiger partial charge in [-0.25, -0.2) is 12.8 Å². The van der Waals surface area contributed by atoms with E-state index in [1.807, 2.05) is 4.90 Å². The van der Waals surface area contributed by atoms with Gasteiger partial charge >= 0.3 is 0 Å². The second kappa shape index (κ2) is 5.09. The van der Waals surface area contributed by atoms with Crippen molar-refractivity contribution in [3.8, 4) is 0 Å². The van der Waals surface area contributed by atoms with Gasteiger partial charge in [0.1, 0.15) is 5.82 Å². The molecule has 1 aliphatic rings. The Morgan fingerprint density at radius 1 is 1.47 bits per heavy atom. The SMILES string of the molecule is CC(N)c1c(F)cccc1N(C)C1CCS(=O)(=O)C1. The molecule has 106 valence electrons. The fraction of sp³-hybridized carbons (Fsp3) is 0.538. The summed E-state index contributed by atoms with van der Waals surface area (Å²) in [5.74, 6) is -0.0244. The zero-order valence-corrected chi connectivity index (χ0v) is 12.0. The van der Waals surface area contributed by atoms with Crippen LogP contribution < -0.4 is 10.6 Å². The highest BCUT2D eigenvalue weighted by molar-refractivity contribution is 7.91. The average Bonchev–Trinajstić information content (AvgIpc) is 2.68. The highest BCUT2D eigenvalue weighted by Gasteiger charge is 2.32. The highest BCUT2D eigenvalue weighted by atomic mass is 32.2. The molecule has 19 heavy (non-hydrogen) atoms. The quantitative estimate of drug-likeness (QED) is 0.914.